The molecule has 81 valence electrons. The lowest BCUT2D eigenvalue weighted by molar-refractivity contribution is 0.297. The Morgan fingerprint density at radius 1 is 1.33 bits per heavy atom. The van der Waals surface area contributed by atoms with Crippen molar-refractivity contribution in [2.75, 3.05) is 12.4 Å². The molecule has 0 aliphatic heterocycles. The summed E-state index contributed by atoms with van der Waals surface area (Å²) in [5.41, 5.74) is 0. The summed E-state index contributed by atoms with van der Waals surface area (Å²) in [6.45, 7) is 0.993. The standard InChI is InChI=1S/C9H8BrO4S/c10-8-3-1-2-4-9(8)15(12,13)6-5-14-7-11/h1-4H,5-6H2. The topological polar surface area (TPSA) is 60.4 Å². The molecule has 0 saturated carbocycles. The van der Waals surface area contributed by atoms with Crippen molar-refractivity contribution in [1.29, 1.82) is 0 Å². The van der Waals surface area contributed by atoms with Crippen LogP contribution in [0.5, 0.6) is 0 Å². The van der Waals surface area contributed by atoms with Gasteiger partial charge in [0, 0.05) is 4.47 Å². The minimum absolute atomic E-state index is 0.187. The molecular weight excluding hydrogens is 284 g/mol. The van der Waals surface area contributed by atoms with E-state index < -0.39 is 9.84 Å². The zero-order valence-corrected chi connectivity index (χ0v) is 10.0. The van der Waals surface area contributed by atoms with Crippen molar-refractivity contribution in [3.63, 3.8) is 0 Å². The van der Waals surface area contributed by atoms with Gasteiger partial charge in [-0.1, -0.05) is 12.1 Å². The number of halogens is 1. The van der Waals surface area contributed by atoms with E-state index >= 15 is 0 Å². The summed E-state index contributed by atoms with van der Waals surface area (Å²) in [4.78, 5) is 9.94. The average molecular weight is 292 g/mol. The summed E-state index contributed by atoms with van der Waals surface area (Å²) in [5, 5.41) is 0. The molecule has 0 unspecified atom stereocenters. The Bertz CT molecular complexity index is 441. The van der Waals surface area contributed by atoms with Crippen LogP contribution < -0.4 is 0 Å². The second-order valence-corrected chi connectivity index (χ2v) is 5.61. The number of benzene rings is 1. The van der Waals surface area contributed by atoms with Gasteiger partial charge in [-0.25, -0.2) is 13.2 Å². The molecule has 0 fully saturated rings. The Labute approximate surface area is 96.3 Å². The van der Waals surface area contributed by atoms with E-state index in [0.717, 1.165) is 0 Å². The van der Waals surface area contributed by atoms with Crippen LogP contribution in [0, 0.1) is 0 Å². The fraction of sp³-hybridized carbons (Fsp3) is 0.222. The Morgan fingerprint density at radius 3 is 2.60 bits per heavy atom. The number of rotatable bonds is 5. The van der Waals surface area contributed by atoms with Crippen LogP contribution in [0.15, 0.2) is 33.6 Å². The minimum Gasteiger partial charge on any atom is -0.456 e. The second-order valence-electron chi connectivity index (χ2n) is 2.68. The quantitative estimate of drug-likeness (QED) is 0.768. The number of hydrogen-bond donors (Lipinski definition) is 0. The molecule has 1 rings (SSSR count). The molecule has 0 aliphatic carbocycles. The SMILES string of the molecule is O=[C]OCCS(=O)(=O)c1ccccc1Br. The van der Waals surface area contributed by atoms with Crippen molar-refractivity contribution >= 4 is 32.2 Å². The van der Waals surface area contributed by atoms with Crippen LogP contribution in [0.3, 0.4) is 0 Å². The normalized spacial score (nSPS) is 11.0. The van der Waals surface area contributed by atoms with E-state index in [4.69, 9.17) is 0 Å². The number of ether oxygens (including phenoxy) is 1. The molecule has 0 saturated heterocycles. The highest BCUT2D eigenvalue weighted by molar-refractivity contribution is 9.10. The number of sulfone groups is 1. The molecule has 0 N–H and O–H groups in total. The zero-order valence-electron chi connectivity index (χ0n) is 7.64. The maximum atomic E-state index is 11.7. The first-order valence-electron chi connectivity index (χ1n) is 4.04. The highest BCUT2D eigenvalue weighted by Gasteiger charge is 2.17. The summed E-state index contributed by atoms with van der Waals surface area (Å²) in [7, 11) is -3.41. The van der Waals surface area contributed by atoms with Crippen LogP contribution in [-0.4, -0.2) is 27.2 Å². The van der Waals surface area contributed by atoms with Crippen molar-refractivity contribution in [2.24, 2.45) is 0 Å². The molecule has 1 aromatic rings. The highest BCUT2D eigenvalue weighted by Crippen LogP contribution is 2.22. The Balaban J connectivity index is 2.87. The lowest BCUT2D eigenvalue weighted by Crippen LogP contribution is -2.12. The van der Waals surface area contributed by atoms with Crippen molar-refractivity contribution in [3.05, 3.63) is 28.7 Å². The Kier molecular flexibility index (Phi) is 4.28. The predicted octanol–water partition coefficient (Wildman–Crippen LogP) is 1.31. The molecule has 0 spiro atoms. The van der Waals surface area contributed by atoms with Gasteiger partial charge in [-0.05, 0) is 28.1 Å². The van der Waals surface area contributed by atoms with Crippen LogP contribution >= 0.6 is 15.9 Å². The Hall–Kier alpha value is -0.880. The third kappa shape index (κ3) is 3.32. The molecule has 6 heteroatoms. The summed E-state index contributed by atoms with van der Waals surface area (Å²) in [5.74, 6) is -0.245. The van der Waals surface area contributed by atoms with Crippen molar-refractivity contribution in [2.45, 2.75) is 4.90 Å². The summed E-state index contributed by atoms with van der Waals surface area (Å²) in [6, 6.07) is 6.48. The van der Waals surface area contributed by atoms with E-state index in [2.05, 4.69) is 20.7 Å². The largest absolute Gasteiger partial charge is 0.456 e. The van der Waals surface area contributed by atoms with E-state index in [1.807, 2.05) is 0 Å². The van der Waals surface area contributed by atoms with Crippen LogP contribution in [0.25, 0.3) is 0 Å². The maximum Gasteiger partial charge on any atom is 0.417 e. The second kappa shape index (κ2) is 5.27. The van der Waals surface area contributed by atoms with Gasteiger partial charge in [0.2, 0.25) is 0 Å². The van der Waals surface area contributed by atoms with E-state index in [-0.39, 0.29) is 17.3 Å². The molecule has 4 nitrogen and oxygen atoms in total. The molecule has 0 heterocycles. The first-order valence-corrected chi connectivity index (χ1v) is 6.48. The maximum absolute atomic E-state index is 11.7. The van der Waals surface area contributed by atoms with Crippen LogP contribution in [-0.2, 0) is 19.4 Å². The molecule has 1 aromatic carbocycles. The van der Waals surface area contributed by atoms with Crippen LogP contribution in [0.2, 0.25) is 0 Å². The minimum atomic E-state index is -3.41. The van der Waals surface area contributed by atoms with Gasteiger partial charge in [0.05, 0.1) is 10.6 Å². The van der Waals surface area contributed by atoms with Crippen molar-refractivity contribution in [1.82, 2.24) is 0 Å². The summed E-state index contributed by atoms with van der Waals surface area (Å²) in [6.07, 6.45) is 0. The molecule has 0 amide bonds. The van der Waals surface area contributed by atoms with Gasteiger partial charge < -0.3 is 4.74 Å². The fourth-order valence-electron chi connectivity index (χ4n) is 1.000. The summed E-state index contributed by atoms with van der Waals surface area (Å²) >= 11 is 3.14. The third-order valence-electron chi connectivity index (χ3n) is 1.68. The molecule has 15 heavy (non-hydrogen) atoms. The molecular formula is C9H8BrO4S. The van der Waals surface area contributed by atoms with Gasteiger partial charge in [0.15, 0.2) is 9.84 Å². The fourth-order valence-corrected chi connectivity index (χ4v) is 3.20. The smallest absolute Gasteiger partial charge is 0.417 e. The van der Waals surface area contributed by atoms with Gasteiger partial charge in [-0.3, -0.25) is 0 Å². The molecule has 0 bridgehead atoms. The number of carbonyl (C=O) groups excluding carboxylic acids is 1. The van der Waals surface area contributed by atoms with Gasteiger partial charge in [-0.2, -0.15) is 0 Å². The van der Waals surface area contributed by atoms with Gasteiger partial charge >= 0.3 is 6.47 Å². The predicted molar refractivity (Wildman–Crippen MR) is 57.8 cm³/mol. The lowest BCUT2D eigenvalue weighted by Gasteiger charge is -2.04. The van der Waals surface area contributed by atoms with Crippen LogP contribution in [0.4, 0.5) is 0 Å². The first-order chi connectivity index (χ1) is 7.08. The van der Waals surface area contributed by atoms with E-state index in [0.29, 0.717) is 4.47 Å². The molecule has 0 aromatic heterocycles. The van der Waals surface area contributed by atoms with Gasteiger partial charge in [0.25, 0.3) is 0 Å². The lowest BCUT2D eigenvalue weighted by atomic mass is 10.4. The van der Waals surface area contributed by atoms with Gasteiger partial charge in [0.1, 0.15) is 6.61 Å². The van der Waals surface area contributed by atoms with E-state index in [1.165, 1.54) is 12.5 Å². The zero-order chi connectivity index (χ0) is 11.3. The summed E-state index contributed by atoms with van der Waals surface area (Å²) < 4.78 is 28.1. The van der Waals surface area contributed by atoms with E-state index in [1.54, 1.807) is 18.2 Å². The van der Waals surface area contributed by atoms with Crippen molar-refractivity contribution in [3.8, 4) is 0 Å². The third-order valence-corrected chi connectivity index (χ3v) is 4.37. The first kappa shape index (κ1) is 12.2. The number of hydrogen-bond acceptors (Lipinski definition) is 4. The monoisotopic (exact) mass is 291 g/mol. The molecule has 1 radical (unpaired) electrons. The van der Waals surface area contributed by atoms with Crippen LogP contribution in [0.1, 0.15) is 0 Å². The molecule has 0 aliphatic rings. The average Bonchev–Trinajstić information content (AvgIpc) is 2.18. The van der Waals surface area contributed by atoms with E-state index in [9.17, 15) is 13.2 Å². The van der Waals surface area contributed by atoms with Crippen molar-refractivity contribution < 1.29 is 17.9 Å². The molecule has 0 atom stereocenters. The Morgan fingerprint density at radius 2 is 2.00 bits per heavy atom. The van der Waals surface area contributed by atoms with Gasteiger partial charge in [-0.15, -0.1) is 0 Å². The highest BCUT2D eigenvalue weighted by atomic mass is 79.9.